The molecule has 0 saturated carbocycles. The number of amides is 1. The molecule has 2 aromatic rings. The number of benzene rings is 2. The van der Waals surface area contributed by atoms with Crippen LogP contribution in [0.3, 0.4) is 0 Å². The number of halogens is 1. The Balaban J connectivity index is 2.06. The van der Waals surface area contributed by atoms with Gasteiger partial charge in [-0.2, -0.15) is 0 Å². The fourth-order valence-electron chi connectivity index (χ4n) is 2.46. The lowest BCUT2D eigenvalue weighted by Crippen LogP contribution is -2.14. The largest absolute Gasteiger partial charge is 0.320 e. The molecule has 1 heterocycles. The summed E-state index contributed by atoms with van der Waals surface area (Å²) in [6, 6.07) is 9.59. The van der Waals surface area contributed by atoms with Crippen LogP contribution in [0.2, 0.25) is 0 Å². The molecule has 0 radical (unpaired) electrons. The maximum absolute atomic E-state index is 12.2. The Bertz CT molecular complexity index is 844. The van der Waals surface area contributed by atoms with E-state index in [2.05, 4.69) is 26.2 Å². The van der Waals surface area contributed by atoms with E-state index in [-0.39, 0.29) is 11.6 Å². The van der Waals surface area contributed by atoms with Gasteiger partial charge >= 0.3 is 0 Å². The van der Waals surface area contributed by atoms with Gasteiger partial charge in [0, 0.05) is 22.2 Å². The van der Waals surface area contributed by atoms with E-state index in [1.54, 1.807) is 0 Å². The molecule has 0 fully saturated rings. The van der Waals surface area contributed by atoms with Crippen LogP contribution >= 0.6 is 15.9 Å². The zero-order valence-electron chi connectivity index (χ0n) is 12.2. The minimum absolute atomic E-state index is 0.0127. The van der Waals surface area contributed by atoms with Gasteiger partial charge in [-0.25, -0.2) is 4.99 Å². The molecule has 0 aromatic heterocycles. The average Bonchev–Trinajstić information content (AvgIpc) is 2.83. The second-order valence-corrected chi connectivity index (χ2v) is 5.94. The van der Waals surface area contributed by atoms with Gasteiger partial charge in [-0.15, -0.1) is 0 Å². The first-order valence-corrected chi connectivity index (χ1v) is 7.76. The molecular formula is C16H12BrN3O3. The van der Waals surface area contributed by atoms with Crippen LogP contribution in [0.15, 0.2) is 45.9 Å². The maximum atomic E-state index is 12.2. The normalized spacial score (nSPS) is 14.7. The van der Waals surface area contributed by atoms with Crippen molar-refractivity contribution in [3.05, 3.63) is 62.1 Å². The van der Waals surface area contributed by atoms with Gasteiger partial charge in [-0.3, -0.25) is 14.9 Å². The Labute approximate surface area is 140 Å². The topological polar surface area (TPSA) is 84.6 Å². The predicted molar refractivity (Wildman–Crippen MR) is 91.4 cm³/mol. The van der Waals surface area contributed by atoms with Crippen molar-refractivity contribution in [1.82, 2.24) is 0 Å². The number of nitro benzene ring substituents is 1. The van der Waals surface area contributed by atoms with Crippen molar-refractivity contribution in [2.24, 2.45) is 4.99 Å². The number of rotatable bonds is 3. The number of non-ortho nitro benzene ring substituents is 1. The summed E-state index contributed by atoms with van der Waals surface area (Å²) in [6.45, 7) is 2.01. The third-order valence-corrected chi connectivity index (χ3v) is 4.03. The van der Waals surface area contributed by atoms with Crippen molar-refractivity contribution < 1.29 is 9.72 Å². The lowest BCUT2D eigenvalue weighted by molar-refractivity contribution is -0.384. The third-order valence-electron chi connectivity index (χ3n) is 3.58. The Morgan fingerprint density at radius 2 is 1.96 bits per heavy atom. The second kappa shape index (κ2) is 5.92. The number of fused-ring (bicyclic) bond motifs is 1. The summed E-state index contributed by atoms with van der Waals surface area (Å²) in [4.78, 5) is 26.8. The minimum Gasteiger partial charge on any atom is -0.320 e. The van der Waals surface area contributed by atoms with Crippen molar-refractivity contribution in [3.63, 3.8) is 0 Å². The fraction of sp³-hybridized carbons (Fsp3) is 0.125. The molecule has 3 rings (SSSR count). The highest BCUT2D eigenvalue weighted by Gasteiger charge is 2.28. The van der Waals surface area contributed by atoms with E-state index in [0.29, 0.717) is 11.4 Å². The minimum atomic E-state index is -0.473. The number of nitrogens with zero attached hydrogens (tertiary/aromatic N) is 2. The van der Waals surface area contributed by atoms with Gasteiger partial charge in [-0.05, 0) is 36.2 Å². The summed E-state index contributed by atoms with van der Waals surface area (Å²) in [5.74, 6) is -0.272. The second-order valence-electron chi connectivity index (χ2n) is 5.03. The number of aliphatic imine (C=N–C) groups is 1. The molecular weight excluding hydrogens is 362 g/mol. The first kappa shape index (κ1) is 15.4. The van der Waals surface area contributed by atoms with Crippen molar-refractivity contribution in [2.75, 3.05) is 5.32 Å². The number of anilines is 1. The molecule has 0 saturated heterocycles. The van der Waals surface area contributed by atoms with E-state index in [4.69, 9.17) is 0 Å². The zero-order valence-corrected chi connectivity index (χ0v) is 13.8. The van der Waals surface area contributed by atoms with Crippen molar-refractivity contribution in [3.8, 4) is 0 Å². The number of hydrogen-bond donors (Lipinski definition) is 1. The predicted octanol–water partition coefficient (Wildman–Crippen LogP) is 3.99. The van der Waals surface area contributed by atoms with E-state index in [1.807, 2.05) is 19.1 Å². The van der Waals surface area contributed by atoms with Crippen LogP contribution in [0, 0.1) is 10.1 Å². The molecule has 0 bridgehead atoms. The molecule has 116 valence electrons. The number of nitrogens with one attached hydrogen (secondary N) is 1. The molecule has 23 heavy (non-hydrogen) atoms. The van der Waals surface area contributed by atoms with Crippen molar-refractivity contribution in [2.45, 2.75) is 13.3 Å². The van der Waals surface area contributed by atoms with Crippen LogP contribution in [0.1, 0.15) is 18.1 Å². The van der Waals surface area contributed by atoms with Crippen molar-refractivity contribution >= 4 is 44.6 Å². The number of aryl methyl sites for hydroxylation is 1. The van der Waals surface area contributed by atoms with E-state index >= 15 is 0 Å². The number of carbonyl (C=O) groups is 1. The number of hydrogen-bond acceptors (Lipinski definition) is 4. The monoisotopic (exact) mass is 373 g/mol. The van der Waals surface area contributed by atoms with Crippen LogP contribution in [0.4, 0.5) is 17.1 Å². The third kappa shape index (κ3) is 2.87. The lowest BCUT2D eigenvalue weighted by atomic mass is 10.0. The number of nitro groups is 1. The molecule has 0 spiro atoms. The van der Waals surface area contributed by atoms with Gasteiger partial charge in [0.15, 0.2) is 0 Å². The van der Waals surface area contributed by atoms with Gasteiger partial charge in [0.05, 0.1) is 16.3 Å². The summed E-state index contributed by atoms with van der Waals surface area (Å²) >= 11 is 3.45. The smallest absolute Gasteiger partial charge is 0.275 e. The average molecular weight is 374 g/mol. The highest BCUT2D eigenvalue weighted by molar-refractivity contribution is 9.10. The Morgan fingerprint density at radius 1 is 1.26 bits per heavy atom. The van der Waals surface area contributed by atoms with Crippen LogP contribution < -0.4 is 5.32 Å². The quantitative estimate of drug-likeness (QED) is 0.651. The highest BCUT2D eigenvalue weighted by atomic mass is 79.9. The first-order valence-electron chi connectivity index (χ1n) is 6.97. The molecule has 0 aliphatic carbocycles. The fourth-order valence-corrected chi connectivity index (χ4v) is 2.97. The van der Waals surface area contributed by atoms with Crippen LogP contribution in [0.25, 0.3) is 0 Å². The SMILES string of the molecule is CCc1cc(Br)cc2c1NC(=O)C2=Nc1ccc([N+](=O)[O-])cc1. The molecule has 0 atom stereocenters. The molecule has 7 heteroatoms. The number of carbonyl (C=O) groups excluding carboxylic acids is 1. The van der Waals surface area contributed by atoms with E-state index in [0.717, 1.165) is 27.7 Å². The van der Waals surface area contributed by atoms with E-state index < -0.39 is 4.92 Å². The van der Waals surface area contributed by atoms with E-state index in [1.165, 1.54) is 24.3 Å². The Morgan fingerprint density at radius 3 is 2.57 bits per heavy atom. The van der Waals surface area contributed by atoms with Gasteiger partial charge in [0.2, 0.25) is 0 Å². The molecule has 1 N–H and O–H groups in total. The Hall–Kier alpha value is -2.54. The van der Waals surface area contributed by atoms with Crippen LogP contribution in [-0.4, -0.2) is 16.5 Å². The summed E-state index contributed by atoms with van der Waals surface area (Å²) < 4.78 is 0.876. The van der Waals surface area contributed by atoms with Gasteiger partial charge in [-0.1, -0.05) is 22.9 Å². The molecule has 1 aliphatic rings. The molecule has 1 aliphatic heterocycles. The van der Waals surface area contributed by atoms with Crippen LogP contribution in [0.5, 0.6) is 0 Å². The summed E-state index contributed by atoms with van der Waals surface area (Å²) in [5.41, 5.74) is 3.33. The van der Waals surface area contributed by atoms with Gasteiger partial charge in [0.1, 0.15) is 5.71 Å². The van der Waals surface area contributed by atoms with Crippen molar-refractivity contribution in [1.29, 1.82) is 0 Å². The lowest BCUT2D eigenvalue weighted by Gasteiger charge is -2.06. The summed E-state index contributed by atoms with van der Waals surface area (Å²) in [7, 11) is 0. The standard InChI is InChI=1S/C16H12BrN3O3/c1-2-9-7-10(17)8-13-14(9)19-16(21)15(13)18-11-3-5-12(6-4-11)20(22)23/h3-8H,2H2,1H3,(H,18,19,21). The van der Waals surface area contributed by atoms with Crippen LogP contribution in [-0.2, 0) is 11.2 Å². The summed E-state index contributed by atoms with van der Waals surface area (Å²) in [6.07, 6.45) is 0.785. The highest BCUT2D eigenvalue weighted by Crippen LogP contribution is 2.33. The molecule has 2 aromatic carbocycles. The zero-order chi connectivity index (χ0) is 16.6. The first-order chi connectivity index (χ1) is 11.0. The summed E-state index contributed by atoms with van der Waals surface area (Å²) in [5, 5.41) is 13.5. The maximum Gasteiger partial charge on any atom is 0.275 e. The molecule has 1 amide bonds. The van der Waals surface area contributed by atoms with Gasteiger partial charge in [0.25, 0.3) is 11.6 Å². The van der Waals surface area contributed by atoms with E-state index in [9.17, 15) is 14.9 Å². The molecule has 6 nitrogen and oxygen atoms in total. The molecule has 0 unspecified atom stereocenters. The van der Waals surface area contributed by atoms with Gasteiger partial charge < -0.3 is 5.32 Å². The Kier molecular flexibility index (Phi) is 3.96.